The van der Waals surface area contributed by atoms with E-state index in [1.54, 1.807) is 6.20 Å². The summed E-state index contributed by atoms with van der Waals surface area (Å²) in [6, 6.07) is 11.8. The highest BCUT2D eigenvalue weighted by Crippen LogP contribution is 2.17. The Balaban J connectivity index is 1.90. The lowest BCUT2D eigenvalue weighted by Gasteiger charge is -2.17. The van der Waals surface area contributed by atoms with Crippen LogP contribution in [0.2, 0.25) is 0 Å². The Labute approximate surface area is 113 Å². The highest BCUT2D eigenvalue weighted by Gasteiger charge is 2.14. The number of hydrazine groups is 1. The van der Waals surface area contributed by atoms with Gasteiger partial charge in [-0.15, -0.1) is 0 Å². The van der Waals surface area contributed by atoms with Crippen molar-refractivity contribution in [3.05, 3.63) is 48.3 Å². The van der Waals surface area contributed by atoms with E-state index in [-0.39, 0.29) is 6.04 Å². The zero-order chi connectivity index (χ0) is 13.5. The molecule has 2 rings (SSSR count). The molecule has 0 radical (unpaired) electrons. The van der Waals surface area contributed by atoms with Crippen LogP contribution in [0.5, 0.6) is 5.75 Å². The third-order valence-electron chi connectivity index (χ3n) is 3.03. The highest BCUT2D eigenvalue weighted by molar-refractivity contribution is 5.20. The van der Waals surface area contributed by atoms with E-state index in [0.29, 0.717) is 6.61 Å². The zero-order valence-electron chi connectivity index (χ0n) is 11.1. The summed E-state index contributed by atoms with van der Waals surface area (Å²) in [4.78, 5) is 0. The van der Waals surface area contributed by atoms with Crippen molar-refractivity contribution in [3.63, 3.8) is 0 Å². The average Bonchev–Trinajstić information content (AvgIpc) is 2.93. The van der Waals surface area contributed by atoms with Crippen LogP contribution < -0.4 is 16.0 Å². The second-order valence-electron chi connectivity index (χ2n) is 4.24. The highest BCUT2D eigenvalue weighted by atomic mass is 16.5. The van der Waals surface area contributed by atoms with Crippen LogP contribution in [0, 0.1) is 0 Å². The van der Waals surface area contributed by atoms with E-state index in [0.717, 1.165) is 24.4 Å². The molecule has 0 saturated carbocycles. The fourth-order valence-electron chi connectivity index (χ4n) is 2.03. The predicted octanol–water partition coefficient (Wildman–Crippen LogP) is 1.88. The number of para-hydroxylation sites is 1. The smallest absolute Gasteiger partial charge is 0.119 e. The molecule has 102 valence electrons. The van der Waals surface area contributed by atoms with Gasteiger partial charge in [-0.1, -0.05) is 18.2 Å². The van der Waals surface area contributed by atoms with Gasteiger partial charge in [0.05, 0.1) is 18.3 Å². The van der Waals surface area contributed by atoms with Crippen LogP contribution >= 0.6 is 0 Å². The molecule has 5 heteroatoms. The number of benzene rings is 1. The lowest BCUT2D eigenvalue weighted by atomic mass is 10.1. The van der Waals surface area contributed by atoms with Crippen molar-refractivity contribution in [2.45, 2.75) is 25.9 Å². The number of ether oxygens (including phenoxy) is 1. The number of nitrogens with two attached hydrogens (primary N) is 1. The second kappa shape index (κ2) is 6.92. The van der Waals surface area contributed by atoms with Crippen molar-refractivity contribution < 1.29 is 4.74 Å². The SMILES string of the molecule is CCn1nccc1C(CCOc1ccccc1)NN. The van der Waals surface area contributed by atoms with Crippen molar-refractivity contribution >= 4 is 0 Å². The van der Waals surface area contributed by atoms with Crippen LogP contribution in [0.1, 0.15) is 25.1 Å². The van der Waals surface area contributed by atoms with Gasteiger partial charge in [0.1, 0.15) is 5.75 Å². The molecule has 0 spiro atoms. The van der Waals surface area contributed by atoms with Crippen molar-refractivity contribution in [3.8, 4) is 5.75 Å². The normalized spacial score (nSPS) is 12.3. The molecule has 0 fully saturated rings. The van der Waals surface area contributed by atoms with Gasteiger partial charge in [-0.25, -0.2) is 0 Å². The fourth-order valence-corrected chi connectivity index (χ4v) is 2.03. The minimum atomic E-state index is 0.0474. The number of nitrogens with zero attached hydrogens (tertiary/aromatic N) is 2. The van der Waals surface area contributed by atoms with Gasteiger partial charge in [0.2, 0.25) is 0 Å². The number of hydrogen-bond donors (Lipinski definition) is 2. The fraction of sp³-hybridized carbons (Fsp3) is 0.357. The van der Waals surface area contributed by atoms with E-state index >= 15 is 0 Å². The van der Waals surface area contributed by atoms with Crippen LogP contribution in [-0.2, 0) is 6.54 Å². The van der Waals surface area contributed by atoms with Crippen molar-refractivity contribution in [1.82, 2.24) is 15.2 Å². The molecule has 3 N–H and O–H groups in total. The molecule has 0 aliphatic carbocycles. The molecule has 0 aliphatic heterocycles. The molecule has 1 heterocycles. The minimum absolute atomic E-state index is 0.0474. The Morgan fingerprint density at radius 1 is 1.32 bits per heavy atom. The molecular formula is C14H20N4O. The number of nitrogens with one attached hydrogen (secondary N) is 1. The summed E-state index contributed by atoms with van der Waals surface area (Å²) >= 11 is 0. The molecule has 1 unspecified atom stereocenters. The maximum Gasteiger partial charge on any atom is 0.119 e. The third-order valence-corrected chi connectivity index (χ3v) is 3.03. The number of hydrogen-bond acceptors (Lipinski definition) is 4. The third kappa shape index (κ3) is 3.56. The Hall–Kier alpha value is -1.85. The molecule has 1 aromatic carbocycles. The van der Waals surface area contributed by atoms with E-state index in [9.17, 15) is 0 Å². The van der Waals surface area contributed by atoms with Gasteiger partial charge in [-0.2, -0.15) is 5.10 Å². The molecule has 0 aliphatic rings. The molecule has 5 nitrogen and oxygen atoms in total. The van der Waals surface area contributed by atoms with Crippen LogP contribution in [0.15, 0.2) is 42.6 Å². The van der Waals surface area contributed by atoms with E-state index in [1.807, 2.05) is 41.1 Å². The van der Waals surface area contributed by atoms with Gasteiger partial charge in [0, 0.05) is 19.2 Å². The van der Waals surface area contributed by atoms with E-state index in [4.69, 9.17) is 10.6 Å². The molecule has 0 bridgehead atoms. The molecule has 19 heavy (non-hydrogen) atoms. The Kier molecular flexibility index (Phi) is 4.94. The van der Waals surface area contributed by atoms with Gasteiger partial charge < -0.3 is 4.74 Å². The summed E-state index contributed by atoms with van der Waals surface area (Å²) in [5, 5.41) is 4.25. The van der Waals surface area contributed by atoms with Crippen LogP contribution in [0.25, 0.3) is 0 Å². The standard InChI is InChI=1S/C14H20N4O/c1-2-18-14(8-10-16-18)13(17-15)9-11-19-12-6-4-3-5-7-12/h3-8,10,13,17H,2,9,11,15H2,1H3. The maximum atomic E-state index is 5.68. The average molecular weight is 260 g/mol. The zero-order valence-corrected chi connectivity index (χ0v) is 11.1. The van der Waals surface area contributed by atoms with Crippen LogP contribution in [-0.4, -0.2) is 16.4 Å². The number of aromatic nitrogens is 2. The Bertz CT molecular complexity index is 483. The lowest BCUT2D eigenvalue weighted by Crippen LogP contribution is -2.31. The maximum absolute atomic E-state index is 5.68. The van der Waals surface area contributed by atoms with E-state index in [2.05, 4.69) is 17.4 Å². The van der Waals surface area contributed by atoms with Gasteiger partial charge in [0.15, 0.2) is 0 Å². The van der Waals surface area contributed by atoms with E-state index in [1.165, 1.54) is 0 Å². The first-order chi connectivity index (χ1) is 9.35. The van der Waals surface area contributed by atoms with Crippen molar-refractivity contribution in [2.24, 2.45) is 5.84 Å². The number of rotatable bonds is 7. The minimum Gasteiger partial charge on any atom is -0.494 e. The van der Waals surface area contributed by atoms with Gasteiger partial charge >= 0.3 is 0 Å². The first-order valence-electron chi connectivity index (χ1n) is 6.50. The first-order valence-corrected chi connectivity index (χ1v) is 6.50. The summed E-state index contributed by atoms with van der Waals surface area (Å²) < 4.78 is 7.62. The lowest BCUT2D eigenvalue weighted by molar-refractivity contribution is 0.283. The Morgan fingerprint density at radius 2 is 2.11 bits per heavy atom. The summed E-state index contributed by atoms with van der Waals surface area (Å²) in [6.07, 6.45) is 2.58. The summed E-state index contributed by atoms with van der Waals surface area (Å²) in [5.74, 6) is 6.50. The Morgan fingerprint density at radius 3 is 2.79 bits per heavy atom. The summed E-state index contributed by atoms with van der Waals surface area (Å²) in [5.41, 5.74) is 3.91. The quantitative estimate of drug-likeness (QED) is 0.589. The van der Waals surface area contributed by atoms with Gasteiger partial charge in [-0.05, 0) is 25.1 Å². The summed E-state index contributed by atoms with van der Waals surface area (Å²) in [7, 11) is 0. The topological polar surface area (TPSA) is 65.1 Å². The van der Waals surface area contributed by atoms with Crippen LogP contribution in [0.3, 0.4) is 0 Å². The molecule has 0 saturated heterocycles. The molecule has 1 atom stereocenters. The van der Waals surface area contributed by atoms with Crippen molar-refractivity contribution in [1.29, 1.82) is 0 Å². The summed E-state index contributed by atoms with van der Waals surface area (Å²) in [6.45, 7) is 3.50. The molecule has 1 aromatic heterocycles. The molecule has 2 aromatic rings. The van der Waals surface area contributed by atoms with E-state index < -0.39 is 0 Å². The largest absolute Gasteiger partial charge is 0.494 e. The monoisotopic (exact) mass is 260 g/mol. The van der Waals surface area contributed by atoms with Crippen molar-refractivity contribution in [2.75, 3.05) is 6.61 Å². The number of aryl methyl sites for hydroxylation is 1. The second-order valence-corrected chi connectivity index (χ2v) is 4.24. The predicted molar refractivity (Wildman–Crippen MR) is 74.5 cm³/mol. The first kappa shape index (κ1) is 13.6. The van der Waals surface area contributed by atoms with Crippen LogP contribution in [0.4, 0.5) is 0 Å². The van der Waals surface area contributed by atoms with Gasteiger partial charge in [0.25, 0.3) is 0 Å². The van der Waals surface area contributed by atoms with Gasteiger partial charge in [-0.3, -0.25) is 16.0 Å². The molecule has 0 amide bonds. The molecular weight excluding hydrogens is 240 g/mol.